The van der Waals surface area contributed by atoms with Gasteiger partial charge >= 0.3 is 0 Å². The second kappa shape index (κ2) is 4.39. The molecule has 1 aliphatic carbocycles. The molecule has 1 aromatic carbocycles. The van der Waals surface area contributed by atoms with Gasteiger partial charge in [0, 0.05) is 5.56 Å². The number of hydrogen-bond acceptors (Lipinski definition) is 2. The van der Waals surface area contributed by atoms with Crippen LogP contribution in [-0.4, -0.2) is 14.2 Å². The van der Waals surface area contributed by atoms with Gasteiger partial charge < -0.3 is 9.47 Å². The van der Waals surface area contributed by atoms with Gasteiger partial charge in [-0.05, 0) is 43.0 Å². The van der Waals surface area contributed by atoms with Gasteiger partial charge in [-0.2, -0.15) is 0 Å². The van der Waals surface area contributed by atoms with E-state index in [1.54, 1.807) is 14.2 Å². The molecule has 0 heterocycles. The van der Waals surface area contributed by atoms with E-state index in [0.717, 1.165) is 17.9 Å². The van der Waals surface area contributed by atoms with Crippen molar-refractivity contribution in [2.75, 3.05) is 14.2 Å². The van der Waals surface area contributed by atoms with Gasteiger partial charge in [0.25, 0.3) is 0 Å². The molecular weight excluding hydrogens is 188 g/mol. The Labute approximate surface area is 90.5 Å². The van der Waals surface area contributed by atoms with Gasteiger partial charge in [0.05, 0.1) is 14.2 Å². The molecule has 0 amide bonds. The van der Waals surface area contributed by atoms with E-state index in [1.165, 1.54) is 24.0 Å². The Morgan fingerprint density at radius 2 is 2.00 bits per heavy atom. The van der Waals surface area contributed by atoms with Crippen molar-refractivity contribution < 1.29 is 9.47 Å². The van der Waals surface area contributed by atoms with Crippen LogP contribution in [0, 0.1) is 0 Å². The van der Waals surface area contributed by atoms with Crippen molar-refractivity contribution in [3.63, 3.8) is 0 Å². The fourth-order valence-electron chi connectivity index (χ4n) is 1.98. The van der Waals surface area contributed by atoms with E-state index < -0.39 is 0 Å². The fourth-order valence-corrected chi connectivity index (χ4v) is 1.98. The highest BCUT2D eigenvalue weighted by atomic mass is 16.5. The highest BCUT2D eigenvalue weighted by Crippen LogP contribution is 2.35. The van der Waals surface area contributed by atoms with Crippen molar-refractivity contribution in [3.8, 4) is 11.5 Å². The predicted molar refractivity (Wildman–Crippen MR) is 61.4 cm³/mol. The Kier molecular flexibility index (Phi) is 2.95. The summed E-state index contributed by atoms with van der Waals surface area (Å²) in [5.41, 5.74) is 2.56. The van der Waals surface area contributed by atoms with Crippen LogP contribution < -0.4 is 9.47 Å². The molecular formula is C13H16O2. The van der Waals surface area contributed by atoms with E-state index in [0.29, 0.717) is 0 Å². The number of hydrogen-bond donors (Lipinski definition) is 0. The lowest BCUT2D eigenvalue weighted by molar-refractivity contribution is 0.402. The van der Waals surface area contributed by atoms with E-state index in [4.69, 9.17) is 9.47 Å². The summed E-state index contributed by atoms with van der Waals surface area (Å²) < 4.78 is 10.6. The minimum atomic E-state index is 0.888. The van der Waals surface area contributed by atoms with Crippen LogP contribution >= 0.6 is 0 Å². The summed E-state index contributed by atoms with van der Waals surface area (Å²) in [5.74, 6) is 1.82. The lowest BCUT2D eigenvalue weighted by Gasteiger charge is -2.11. The number of methoxy groups -OCH3 is 2. The van der Waals surface area contributed by atoms with E-state index in [2.05, 4.69) is 12.1 Å². The van der Waals surface area contributed by atoms with Gasteiger partial charge in [0.1, 0.15) is 11.5 Å². The fraction of sp³-hybridized carbons (Fsp3) is 0.385. The monoisotopic (exact) mass is 204 g/mol. The third-order valence-corrected chi connectivity index (χ3v) is 2.79. The molecule has 2 rings (SSSR count). The average Bonchev–Trinajstić information content (AvgIpc) is 2.81. The zero-order chi connectivity index (χ0) is 10.7. The summed E-state index contributed by atoms with van der Waals surface area (Å²) in [6.45, 7) is 0. The SMILES string of the molecule is COc1ccc(OC)c(C2=CCCC2)c1. The Hall–Kier alpha value is -1.44. The third kappa shape index (κ3) is 1.99. The van der Waals surface area contributed by atoms with Crippen LogP contribution in [0.4, 0.5) is 0 Å². The first-order valence-electron chi connectivity index (χ1n) is 5.26. The summed E-state index contributed by atoms with van der Waals surface area (Å²) in [5, 5.41) is 0. The third-order valence-electron chi connectivity index (χ3n) is 2.79. The van der Waals surface area contributed by atoms with Crippen molar-refractivity contribution in [1.29, 1.82) is 0 Å². The maximum absolute atomic E-state index is 5.36. The zero-order valence-electron chi connectivity index (χ0n) is 9.25. The molecule has 0 saturated carbocycles. The van der Waals surface area contributed by atoms with E-state index in [-0.39, 0.29) is 0 Å². The number of ether oxygens (including phenoxy) is 2. The second-order valence-electron chi connectivity index (χ2n) is 3.69. The van der Waals surface area contributed by atoms with Crippen molar-refractivity contribution in [1.82, 2.24) is 0 Å². The Morgan fingerprint density at radius 3 is 2.60 bits per heavy atom. The van der Waals surface area contributed by atoms with Gasteiger partial charge in [-0.1, -0.05) is 6.08 Å². The van der Waals surface area contributed by atoms with Crippen LogP contribution in [-0.2, 0) is 0 Å². The summed E-state index contributed by atoms with van der Waals surface area (Å²) in [6, 6.07) is 5.95. The topological polar surface area (TPSA) is 18.5 Å². The van der Waals surface area contributed by atoms with Gasteiger partial charge in [-0.3, -0.25) is 0 Å². The number of rotatable bonds is 3. The summed E-state index contributed by atoms with van der Waals surface area (Å²) >= 11 is 0. The quantitative estimate of drug-likeness (QED) is 0.752. The molecule has 0 fully saturated rings. The highest BCUT2D eigenvalue weighted by Gasteiger charge is 2.12. The van der Waals surface area contributed by atoms with Gasteiger partial charge in [-0.15, -0.1) is 0 Å². The van der Waals surface area contributed by atoms with Gasteiger partial charge in [0.15, 0.2) is 0 Å². The smallest absolute Gasteiger partial charge is 0.126 e. The molecule has 2 nitrogen and oxygen atoms in total. The minimum Gasteiger partial charge on any atom is -0.497 e. The lowest BCUT2D eigenvalue weighted by Crippen LogP contribution is -1.92. The van der Waals surface area contributed by atoms with Crippen molar-refractivity contribution in [3.05, 3.63) is 29.8 Å². The molecule has 0 saturated heterocycles. The Bertz CT molecular complexity index is 380. The molecule has 0 unspecified atom stereocenters. The molecule has 1 aliphatic rings. The lowest BCUT2D eigenvalue weighted by atomic mass is 10.0. The molecule has 0 atom stereocenters. The summed E-state index contributed by atoms with van der Waals surface area (Å²) in [6.07, 6.45) is 5.85. The normalized spacial score (nSPS) is 14.9. The summed E-state index contributed by atoms with van der Waals surface area (Å²) in [7, 11) is 3.40. The number of benzene rings is 1. The van der Waals surface area contributed by atoms with Crippen molar-refractivity contribution in [2.45, 2.75) is 19.3 Å². The van der Waals surface area contributed by atoms with Crippen LogP contribution in [0.15, 0.2) is 24.3 Å². The predicted octanol–water partition coefficient (Wildman–Crippen LogP) is 3.27. The molecule has 0 bridgehead atoms. The van der Waals surface area contributed by atoms with Crippen LogP contribution in [0.25, 0.3) is 5.57 Å². The Morgan fingerprint density at radius 1 is 1.13 bits per heavy atom. The van der Waals surface area contributed by atoms with Gasteiger partial charge in [-0.25, -0.2) is 0 Å². The van der Waals surface area contributed by atoms with Crippen molar-refractivity contribution >= 4 is 5.57 Å². The van der Waals surface area contributed by atoms with Gasteiger partial charge in [0.2, 0.25) is 0 Å². The maximum atomic E-state index is 5.36. The average molecular weight is 204 g/mol. The largest absolute Gasteiger partial charge is 0.497 e. The minimum absolute atomic E-state index is 0.888. The van der Waals surface area contributed by atoms with Crippen LogP contribution in [0.2, 0.25) is 0 Å². The first-order chi connectivity index (χ1) is 7.35. The van der Waals surface area contributed by atoms with E-state index >= 15 is 0 Å². The first kappa shape index (κ1) is 10.1. The van der Waals surface area contributed by atoms with Crippen LogP contribution in [0.1, 0.15) is 24.8 Å². The molecule has 2 heteroatoms. The van der Waals surface area contributed by atoms with E-state index in [9.17, 15) is 0 Å². The molecule has 1 aromatic rings. The zero-order valence-corrected chi connectivity index (χ0v) is 9.25. The number of allylic oxidation sites excluding steroid dienone is 2. The standard InChI is InChI=1S/C13H16O2/c1-14-11-7-8-13(15-2)12(9-11)10-5-3-4-6-10/h5,7-9H,3-4,6H2,1-2H3. The second-order valence-corrected chi connectivity index (χ2v) is 3.69. The van der Waals surface area contributed by atoms with E-state index in [1.807, 2.05) is 12.1 Å². The molecule has 80 valence electrons. The van der Waals surface area contributed by atoms with Crippen molar-refractivity contribution in [2.24, 2.45) is 0 Å². The first-order valence-corrected chi connectivity index (χ1v) is 5.26. The highest BCUT2D eigenvalue weighted by molar-refractivity contribution is 5.73. The molecule has 0 N–H and O–H groups in total. The molecule has 0 aromatic heterocycles. The molecule has 0 radical (unpaired) electrons. The molecule has 0 aliphatic heterocycles. The molecule has 0 spiro atoms. The maximum Gasteiger partial charge on any atom is 0.126 e. The molecule has 15 heavy (non-hydrogen) atoms. The van der Waals surface area contributed by atoms with Crippen LogP contribution in [0.3, 0.4) is 0 Å². The van der Waals surface area contributed by atoms with Crippen LogP contribution in [0.5, 0.6) is 11.5 Å². The summed E-state index contributed by atoms with van der Waals surface area (Å²) in [4.78, 5) is 0. The Balaban J connectivity index is 2.41.